The Morgan fingerprint density at radius 3 is 2.44 bits per heavy atom. The molecule has 1 fully saturated rings. The van der Waals surface area contributed by atoms with E-state index in [0.717, 1.165) is 28.4 Å². The van der Waals surface area contributed by atoms with Crippen LogP contribution in [-0.2, 0) is 0 Å². The zero-order chi connectivity index (χ0) is 17.6. The van der Waals surface area contributed by atoms with Crippen LogP contribution in [0.3, 0.4) is 0 Å². The lowest BCUT2D eigenvalue weighted by Gasteiger charge is -2.39. The standard InChI is InChI=1S/C21H23NO3/c1-21(2)12-25-18-11-16(9-10-17(18)19(21)22-20(23)24)15-7-5-14(6-8-15)13-3-4-13/h5-11,13,19,22H,3-4,12H2,1-2H3,(H,23,24). The van der Waals surface area contributed by atoms with Gasteiger partial charge in [0.15, 0.2) is 0 Å². The van der Waals surface area contributed by atoms with E-state index in [9.17, 15) is 9.90 Å². The number of fused-ring (bicyclic) bond motifs is 1. The predicted octanol–water partition coefficient (Wildman–Crippen LogP) is 4.96. The molecule has 130 valence electrons. The van der Waals surface area contributed by atoms with Gasteiger partial charge in [0.1, 0.15) is 5.75 Å². The van der Waals surface area contributed by atoms with Gasteiger partial charge in [0, 0.05) is 11.0 Å². The molecule has 1 saturated carbocycles. The number of benzene rings is 2. The summed E-state index contributed by atoms with van der Waals surface area (Å²) in [5.74, 6) is 1.52. The molecule has 2 aromatic rings. The van der Waals surface area contributed by atoms with Crippen LogP contribution in [-0.4, -0.2) is 17.8 Å². The van der Waals surface area contributed by atoms with Crippen molar-refractivity contribution in [2.45, 2.75) is 38.6 Å². The lowest BCUT2D eigenvalue weighted by Crippen LogP contribution is -2.43. The molecule has 1 amide bonds. The average molecular weight is 337 g/mol. The van der Waals surface area contributed by atoms with E-state index in [4.69, 9.17) is 4.74 Å². The molecule has 0 aromatic heterocycles. The zero-order valence-electron chi connectivity index (χ0n) is 14.6. The lowest BCUT2D eigenvalue weighted by atomic mass is 9.78. The number of carbonyl (C=O) groups is 1. The van der Waals surface area contributed by atoms with Crippen LogP contribution in [0.25, 0.3) is 11.1 Å². The van der Waals surface area contributed by atoms with Crippen LogP contribution in [0.4, 0.5) is 4.79 Å². The fraction of sp³-hybridized carbons (Fsp3) is 0.381. The molecule has 1 aliphatic carbocycles. The molecule has 4 rings (SSSR count). The van der Waals surface area contributed by atoms with Crippen LogP contribution in [0.1, 0.15) is 49.8 Å². The largest absolute Gasteiger partial charge is 0.493 e. The van der Waals surface area contributed by atoms with Crippen molar-refractivity contribution < 1.29 is 14.6 Å². The van der Waals surface area contributed by atoms with E-state index < -0.39 is 6.09 Å². The van der Waals surface area contributed by atoms with Gasteiger partial charge in [-0.3, -0.25) is 0 Å². The molecule has 0 radical (unpaired) electrons. The van der Waals surface area contributed by atoms with Crippen LogP contribution in [0.2, 0.25) is 0 Å². The van der Waals surface area contributed by atoms with Gasteiger partial charge in [-0.2, -0.15) is 0 Å². The highest BCUT2D eigenvalue weighted by Crippen LogP contribution is 2.44. The van der Waals surface area contributed by atoms with Crippen molar-refractivity contribution in [3.8, 4) is 16.9 Å². The Morgan fingerprint density at radius 2 is 1.80 bits per heavy atom. The summed E-state index contributed by atoms with van der Waals surface area (Å²) in [6, 6.07) is 14.5. The average Bonchev–Trinajstić information content (AvgIpc) is 3.42. The zero-order valence-corrected chi connectivity index (χ0v) is 14.6. The van der Waals surface area contributed by atoms with Gasteiger partial charge in [0.05, 0.1) is 12.6 Å². The molecule has 0 saturated heterocycles. The maximum atomic E-state index is 11.2. The van der Waals surface area contributed by atoms with Crippen molar-refractivity contribution in [1.29, 1.82) is 0 Å². The molecule has 1 aliphatic heterocycles. The van der Waals surface area contributed by atoms with Gasteiger partial charge in [-0.25, -0.2) is 4.79 Å². The minimum absolute atomic E-state index is 0.278. The third-order valence-corrected chi connectivity index (χ3v) is 5.27. The third kappa shape index (κ3) is 3.09. The fourth-order valence-electron chi connectivity index (χ4n) is 3.61. The number of ether oxygens (including phenoxy) is 1. The van der Waals surface area contributed by atoms with E-state index in [-0.39, 0.29) is 11.5 Å². The Bertz CT molecular complexity index is 806. The van der Waals surface area contributed by atoms with Gasteiger partial charge < -0.3 is 15.2 Å². The van der Waals surface area contributed by atoms with Gasteiger partial charge in [-0.05, 0) is 41.5 Å². The normalized spacial score (nSPS) is 21.1. The lowest BCUT2D eigenvalue weighted by molar-refractivity contribution is 0.0996. The van der Waals surface area contributed by atoms with Crippen molar-refractivity contribution in [2.24, 2.45) is 5.41 Å². The minimum Gasteiger partial charge on any atom is -0.493 e. The van der Waals surface area contributed by atoms with Crippen LogP contribution in [0, 0.1) is 5.41 Å². The molecule has 2 aromatic carbocycles. The summed E-state index contributed by atoms with van der Waals surface area (Å²) in [6.07, 6.45) is 1.60. The highest BCUT2D eigenvalue weighted by atomic mass is 16.5. The summed E-state index contributed by atoms with van der Waals surface area (Å²) < 4.78 is 5.95. The minimum atomic E-state index is -1.01. The second-order valence-electron chi connectivity index (χ2n) is 7.81. The maximum Gasteiger partial charge on any atom is 0.405 e. The topological polar surface area (TPSA) is 58.6 Å². The van der Waals surface area contributed by atoms with Crippen molar-refractivity contribution in [2.75, 3.05) is 6.61 Å². The van der Waals surface area contributed by atoms with Crippen LogP contribution >= 0.6 is 0 Å². The van der Waals surface area contributed by atoms with Crippen molar-refractivity contribution in [1.82, 2.24) is 5.32 Å². The summed E-state index contributed by atoms with van der Waals surface area (Å²) in [5.41, 5.74) is 4.28. The summed E-state index contributed by atoms with van der Waals surface area (Å²) in [6.45, 7) is 4.51. The maximum absolute atomic E-state index is 11.2. The van der Waals surface area contributed by atoms with E-state index in [1.165, 1.54) is 18.4 Å². The Labute approximate surface area is 147 Å². The van der Waals surface area contributed by atoms with E-state index in [1.54, 1.807) is 0 Å². The predicted molar refractivity (Wildman–Crippen MR) is 97.0 cm³/mol. The molecule has 1 atom stereocenters. The first-order valence-electron chi connectivity index (χ1n) is 8.80. The molecule has 1 unspecified atom stereocenters. The van der Waals surface area contributed by atoms with Crippen molar-refractivity contribution in [3.63, 3.8) is 0 Å². The Kier molecular flexibility index (Phi) is 3.71. The third-order valence-electron chi connectivity index (χ3n) is 5.27. The van der Waals surface area contributed by atoms with Gasteiger partial charge >= 0.3 is 6.09 Å². The van der Waals surface area contributed by atoms with Gasteiger partial charge in [0.2, 0.25) is 0 Å². The molecule has 0 spiro atoms. The number of amides is 1. The second-order valence-corrected chi connectivity index (χ2v) is 7.81. The number of hydrogen-bond acceptors (Lipinski definition) is 2. The van der Waals surface area contributed by atoms with Gasteiger partial charge in [-0.15, -0.1) is 0 Å². The Hall–Kier alpha value is -2.49. The molecule has 2 aliphatic rings. The molecule has 4 nitrogen and oxygen atoms in total. The number of hydrogen-bond donors (Lipinski definition) is 2. The van der Waals surface area contributed by atoms with E-state index in [1.807, 2.05) is 32.0 Å². The molecule has 4 heteroatoms. The molecular weight excluding hydrogens is 314 g/mol. The Balaban J connectivity index is 1.66. The summed E-state index contributed by atoms with van der Waals surface area (Å²) in [4.78, 5) is 11.2. The summed E-state index contributed by atoms with van der Waals surface area (Å²) in [5, 5.41) is 11.8. The van der Waals surface area contributed by atoms with E-state index >= 15 is 0 Å². The van der Waals surface area contributed by atoms with Crippen LogP contribution in [0.15, 0.2) is 42.5 Å². The molecule has 1 heterocycles. The highest BCUT2D eigenvalue weighted by Gasteiger charge is 2.38. The second kappa shape index (κ2) is 5.80. The van der Waals surface area contributed by atoms with Crippen molar-refractivity contribution >= 4 is 6.09 Å². The monoisotopic (exact) mass is 337 g/mol. The van der Waals surface area contributed by atoms with E-state index in [0.29, 0.717) is 6.61 Å². The fourth-order valence-corrected chi connectivity index (χ4v) is 3.61. The van der Waals surface area contributed by atoms with Crippen LogP contribution in [0.5, 0.6) is 5.75 Å². The summed E-state index contributed by atoms with van der Waals surface area (Å²) >= 11 is 0. The van der Waals surface area contributed by atoms with Crippen molar-refractivity contribution in [3.05, 3.63) is 53.6 Å². The first kappa shape index (κ1) is 16.0. The number of rotatable bonds is 3. The first-order valence-corrected chi connectivity index (χ1v) is 8.80. The Morgan fingerprint density at radius 1 is 1.12 bits per heavy atom. The van der Waals surface area contributed by atoms with Gasteiger partial charge in [0.25, 0.3) is 0 Å². The van der Waals surface area contributed by atoms with Gasteiger partial charge in [-0.1, -0.05) is 50.2 Å². The smallest absolute Gasteiger partial charge is 0.405 e. The SMILES string of the molecule is CC1(C)COc2cc(-c3ccc(C4CC4)cc3)ccc2C1NC(=O)O. The molecule has 2 N–H and O–H groups in total. The highest BCUT2D eigenvalue weighted by molar-refractivity contribution is 5.69. The molecular formula is C21H23NO3. The number of nitrogens with one attached hydrogen (secondary N) is 1. The van der Waals surface area contributed by atoms with E-state index in [2.05, 4.69) is 29.6 Å². The first-order chi connectivity index (χ1) is 11.9. The molecule has 0 bridgehead atoms. The quantitative estimate of drug-likeness (QED) is 0.832. The summed E-state index contributed by atoms with van der Waals surface area (Å²) in [7, 11) is 0. The number of carboxylic acid groups (broad SMARTS) is 1. The molecule has 25 heavy (non-hydrogen) atoms. The van der Waals surface area contributed by atoms with Crippen LogP contribution < -0.4 is 10.1 Å².